The van der Waals surface area contributed by atoms with Crippen molar-refractivity contribution >= 4 is 72.2 Å². The number of fused-ring (bicyclic) bond motifs is 17. The van der Waals surface area contributed by atoms with Crippen LogP contribution >= 0.6 is 0 Å². The van der Waals surface area contributed by atoms with Gasteiger partial charge in [0.05, 0.1) is 27.7 Å². The zero-order valence-electron chi connectivity index (χ0n) is 38.5. The molecule has 0 radical (unpaired) electrons. The van der Waals surface area contributed by atoms with E-state index in [1.165, 1.54) is 116 Å². The molecule has 0 N–H and O–H groups in total. The van der Waals surface area contributed by atoms with Gasteiger partial charge in [0.15, 0.2) is 0 Å². The molecule has 0 saturated heterocycles. The lowest BCUT2D eigenvalue weighted by atomic mass is 9.70. The molecule has 0 atom stereocenters. The average molecular weight is 870 g/mol. The van der Waals surface area contributed by atoms with Gasteiger partial charge < -0.3 is 14.2 Å². The number of aryl methyl sites for hydroxylation is 4. The van der Waals surface area contributed by atoms with Gasteiger partial charge in [0.1, 0.15) is 0 Å². The normalized spacial score (nSPS) is 13.1. The summed E-state index contributed by atoms with van der Waals surface area (Å²) < 4.78 is 2.62. The van der Waals surface area contributed by atoms with Gasteiger partial charge in [-0.05, 0) is 138 Å². The highest BCUT2D eigenvalue weighted by Crippen LogP contribution is 2.66. The summed E-state index contributed by atoms with van der Waals surface area (Å²) in [6.07, 6.45) is 0. The predicted octanol–water partition coefficient (Wildman–Crippen LogP) is 17.4. The summed E-state index contributed by atoms with van der Waals surface area (Å²) >= 11 is 0. The lowest BCUT2D eigenvalue weighted by molar-refractivity contribution is 0.794. The third kappa shape index (κ3) is 5.13. The first-order valence-electron chi connectivity index (χ1n) is 23.9. The Morgan fingerprint density at radius 2 is 0.882 bits per heavy atom. The minimum Gasteiger partial charge on any atom is -0.310 e. The number of rotatable bonds is 6. The summed E-state index contributed by atoms with van der Waals surface area (Å²) in [5.41, 5.74) is 25.3. The molecular weight excluding hydrogens is 823 g/mol. The molecule has 322 valence electrons. The van der Waals surface area contributed by atoms with E-state index in [1.807, 2.05) is 0 Å². The van der Waals surface area contributed by atoms with Gasteiger partial charge in [-0.1, -0.05) is 163 Å². The Morgan fingerprint density at radius 1 is 0.353 bits per heavy atom. The van der Waals surface area contributed by atoms with Gasteiger partial charge in [-0.2, -0.15) is 0 Å². The third-order valence-corrected chi connectivity index (χ3v) is 15.3. The molecule has 14 rings (SSSR count). The molecule has 1 spiro atoms. The van der Waals surface area contributed by atoms with Crippen LogP contribution in [0.15, 0.2) is 212 Å². The van der Waals surface area contributed by atoms with E-state index in [2.05, 4.69) is 254 Å². The smallest absolute Gasteiger partial charge is 0.0727 e. The molecule has 0 unspecified atom stereocenters. The molecule has 0 aliphatic heterocycles. The molecule has 10 aromatic carbocycles. The Kier molecular flexibility index (Phi) is 8.17. The second-order valence-corrected chi connectivity index (χ2v) is 19.1. The first-order chi connectivity index (χ1) is 33.4. The Balaban J connectivity index is 1.20. The number of hydrogen-bond donors (Lipinski definition) is 0. The standard InChI is InChI=1S/C65H47N3/c1-40-28-32-44(33-29-40)66(57-25-12-5-16-42(57)3)46-36-37-51-55(38-46)65(53-23-10-7-18-47(53)48-19-8-11-24-54(48)65)56-39-60(67(45-34-30-41(2)31-35-45)58-26-13-6-17-43(58)4)62-52-22-15-21-50-49-20-9-14-27-59(49)68(63(50)52)64(62)61(51)56/h5-39H,1-4H3. The van der Waals surface area contributed by atoms with Crippen molar-refractivity contribution in [2.45, 2.75) is 33.1 Å². The van der Waals surface area contributed by atoms with Gasteiger partial charge in [-0.15, -0.1) is 0 Å². The fraction of sp³-hybridized carbons (Fsp3) is 0.0769. The van der Waals surface area contributed by atoms with E-state index in [0.29, 0.717) is 0 Å². The number of nitrogens with zero attached hydrogens (tertiary/aromatic N) is 3. The lowest BCUT2D eigenvalue weighted by Gasteiger charge is -2.34. The minimum atomic E-state index is -0.649. The van der Waals surface area contributed by atoms with Gasteiger partial charge >= 0.3 is 0 Å². The van der Waals surface area contributed by atoms with Crippen molar-refractivity contribution in [2.24, 2.45) is 0 Å². The molecule has 3 heteroatoms. The monoisotopic (exact) mass is 869 g/mol. The van der Waals surface area contributed by atoms with Crippen LogP contribution in [0.5, 0.6) is 0 Å². The van der Waals surface area contributed by atoms with Crippen LogP contribution < -0.4 is 9.80 Å². The number of benzene rings is 10. The van der Waals surface area contributed by atoms with Crippen molar-refractivity contribution in [3.05, 3.63) is 257 Å². The minimum absolute atomic E-state index is 0.649. The number of aromatic nitrogens is 1. The maximum Gasteiger partial charge on any atom is 0.0727 e. The van der Waals surface area contributed by atoms with Gasteiger partial charge in [0, 0.05) is 55.5 Å². The maximum absolute atomic E-state index is 2.62. The lowest BCUT2D eigenvalue weighted by Crippen LogP contribution is -2.26. The Hall–Kier alpha value is -8.40. The fourth-order valence-electron chi connectivity index (χ4n) is 12.4. The Morgan fingerprint density at radius 3 is 1.54 bits per heavy atom. The van der Waals surface area contributed by atoms with Crippen molar-refractivity contribution in [1.29, 1.82) is 0 Å². The summed E-state index contributed by atoms with van der Waals surface area (Å²) in [6.45, 7) is 8.82. The maximum atomic E-state index is 2.62. The van der Waals surface area contributed by atoms with Crippen LogP contribution in [-0.2, 0) is 5.41 Å². The molecule has 0 saturated carbocycles. The summed E-state index contributed by atoms with van der Waals surface area (Å²) in [5.74, 6) is 0. The quantitative estimate of drug-likeness (QED) is 0.165. The van der Waals surface area contributed by atoms with Gasteiger partial charge in [-0.25, -0.2) is 0 Å². The second kappa shape index (κ2) is 14.3. The largest absolute Gasteiger partial charge is 0.310 e. The summed E-state index contributed by atoms with van der Waals surface area (Å²) in [7, 11) is 0. The van der Waals surface area contributed by atoms with E-state index in [0.717, 1.165) is 22.7 Å². The molecule has 2 heterocycles. The highest BCUT2D eigenvalue weighted by molar-refractivity contribution is 6.29. The van der Waals surface area contributed by atoms with Crippen molar-refractivity contribution < 1.29 is 0 Å². The van der Waals surface area contributed by atoms with Crippen molar-refractivity contribution in [2.75, 3.05) is 9.80 Å². The van der Waals surface area contributed by atoms with E-state index in [4.69, 9.17) is 0 Å². The Bertz CT molecular complexity index is 3980. The van der Waals surface area contributed by atoms with Crippen LogP contribution in [0.1, 0.15) is 44.5 Å². The number of para-hydroxylation sites is 4. The van der Waals surface area contributed by atoms with Gasteiger partial charge in [0.25, 0.3) is 0 Å². The SMILES string of the molecule is Cc1ccc(N(c2ccc3c(c2)C2(c4ccccc4-c4ccccc42)c2cc(N(c4ccc(C)cc4)c4ccccc4C)c4c5cccc6c7ccccc7n(c4c2-3)c65)c2ccccc2C)cc1. The molecule has 12 aromatic rings. The second-order valence-electron chi connectivity index (χ2n) is 19.1. The first kappa shape index (κ1) is 38.8. The summed E-state index contributed by atoms with van der Waals surface area (Å²) in [6, 6.07) is 80.1. The molecular formula is C65H47N3. The first-order valence-corrected chi connectivity index (χ1v) is 23.9. The van der Waals surface area contributed by atoms with Gasteiger partial charge in [-0.3, -0.25) is 0 Å². The molecule has 0 bridgehead atoms. The molecule has 68 heavy (non-hydrogen) atoms. The molecule has 3 nitrogen and oxygen atoms in total. The van der Waals surface area contributed by atoms with Gasteiger partial charge in [0.2, 0.25) is 0 Å². The van der Waals surface area contributed by atoms with E-state index >= 15 is 0 Å². The van der Waals surface area contributed by atoms with Crippen molar-refractivity contribution in [1.82, 2.24) is 4.40 Å². The van der Waals surface area contributed by atoms with Crippen LogP contribution in [0, 0.1) is 27.7 Å². The van der Waals surface area contributed by atoms with Crippen LogP contribution in [0.3, 0.4) is 0 Å². The van der Waals surface area contributed by atoms with Crippen LogP contribution in [-0.4, -0.2) is 4.40 Å². The van der Waals surface area contributed by atoms with E-state index in [9.17, 15) is 0 Å². The zero-order chi connectivity index (χ0) is 45.4. The highest BCUT2D eigenvalue weighted by atomic mass is 15.2. The molecule has 2 aliphatic carbocycles. The van der Waals surface area contributed by atoms with E-state index < -0.39 is 5.41 Å². The predicted molar refractivity (Wildman–Crippen MR) is 286 cm³/mol. The van der Waals surface area contributed by atoms with E-state index in [1.54, 1.807) is 0 Å². The highest BCUT2D eigenvalue weighted by Gasteiger charge is 2.53. The topological polar surface area (TPSA) is 10.9 Å². The molecule has 0 amide bonds. The summed E-state index contributed by atoms with van der Waals surface area (Å²) in [4.78, 5) is 5.01. The molecule has 2 aliphatic rings. The van der Waals surface area contributed by atoms with E-state index in [-0.39, 0.29) is 0 Å². The number of hydrogen-bond acceptors (Lipinski definition) is 2. The van der Waals surface area contributed by atoms with Crippen LogP contribution in [0.4, 0.5) is 34.1 Å². The molecule has 0 fully saturated rings. The number of anilines is 6. The summed E-state index contributed by atoms with van der Waals surface area (Å²) in [5, 5.41) is 5.06. The van der Waals surface area contributed by atoms with Crippen molar-refractivity contribution in [3.8, 4) is 22.3 Å². The fourth-order valence-corrected chi connectivity index (χ4v) is 12.4. The average Bonchev–Trinajstić information content (AvgIpc) is 4.08. The molecule has 2 aromatic heterocycles. The Labute approximate surface area is 396 Å². The third-order valence-electron chi connectivity index (χ3n) is 15.3. The van der Waals surface area contributed by atoms with Crippen LogP contribution in [0.2, 0.25) is 0 Å². The zero-order valence-corrected chi connectivity index (χ0v) is 38.5. The van der Waals surface area contributed by atoms with Crippen LogP contribution in [0.25, 0.3) is 60.3 Å². The van der Waals surface area contributed by atoms with Crippen molar-refractivity contribution in [3.63, 3.8) is 0 Å².